The number of anilines is 1. The summed E-state index contributed by atoms with van der Waals surface area (Å²) in [5, 5.41) is 9.00. The molecule has 2 rings (SSSR count). The summed E-state index contributed by atoms with van der Waals surface area (Å²) in [7, 11) is 0. The summed E-state index contributed by atoms with van der Waals surface area (Å²) in [5.41, 5.74) is 1.21. The van der Waals surface area contributed by atoms with E-state index in [1.807, 2.05) is 44.2 Å². The van der Waals surface area contributed by atoms with Crippen molar-refractivity contribution < 1.29 is 14.6 Å². The number of allylic oxidation sites excluding steroid dienone is 1. The number of hydrogen-bond acceptors (Lipinski definition) is 4. The maximum Gasteiger partial charge on any atom is 0.337 e. The second kappa shape index (κ2) is 9.22. The Morgan fingerprint density at radius 1 is 1.36 bits per heavy atom. The molecule has 1 aromatic carbocycles. The Morgan fingerprint density at radius 2 is 2.16 bits per heavy atom. The first-order valence-corrected chi connectivity index (χ1v) is 8.81. The minimum atomic E-state index is -0.978. The van der Waals surface area contributed by atoms with E-state index in [0.717, 1.165) is 28.1 Å². The van der Waals surface area contributed by atoms with Gasteiger partial charge in [-0.1, -0.05) is 28.1 Å². The van der Waals surface area contributed by atoms with Crippen LogP contribution in [0.15, 0.2) is 53.2 Å². The van der Waals surface area contributed by atoms with Crippen molar-refractivity contribution in [2.75, 3.05) is 18.1 Å². The van der Waals surface area contributed by atoms with Gasteiger partial charge in [-0.2, -0.15) is 0 Å². The van der Waals surface area contributed by atoms with Crippen LogP contribution in [-0.4, -0.2) is 29.2 Å². The molecule has 0 amide bonds. The minimum absolute atomic E-state index is 0.178. The molecule has 0 aliphatic carbocycles. The second-order valence-corrected chi connectivity index (χ2v) is 6.27. The van der Waals surface area contributed by atoms with Crippen molar-refractivity contribution >= 4 is 27.7 Å². The van der Waals surface area contributed by atoms with E-state index in [9.17, 15) is 4.79 Å². The Morgan fingerprint density at radius 3 is 2.76 bits per heavy atom. The molecule has 0 aliphatic rings. The highest BCUT2D eigenvalue weighted by Gasteiger charge is 2.12. The molecule has 0 fully saturated rings. The number of carboxylic acid groups (broad SMARTS) is 1. The van der Waals surface area contributed by atoms with Gasteiger partial charge in [0, 0.05) is 29.3 Å². The number of carbonyl (C=O) groups is 1. The number of aromatic nitrogens is 1. The lowest BCUT2D eigenvalue weighted by atomic mass is 10.2. The van der Waals surface area contributed by atoms with Crippen molar-refractivity contribution in [3.05, 3.63) is 64.3 Å². The average molecular weight is 405 g/mol. The van der Waals surface area contributed by atoms with Crippen molar-refractivity contribution in [2.45, 2.75) is 20.4 Å². The topological polar surface area (TPSA) is 62.7 Å². The van der Waals surface area contributed by atoms with E-state index in [0.29, 0.717) is 13.2 Å². The van der Waals surface area contributed by atoms with Crippen LogP contribution in [-0.2, 0) is 6.54 Å². The van der Waals surface area contributed by atoms with Gasteiger partial charge in [0.2, 0.25) is 0 Å². The lowest BCUT2D eigenvalue weighted by molar-refractivity contribution is 0.0696. The number of hydrogen-bond donors (Lipinski definition) is 1. The van der Waals surface area contributed by atoms with Crippen LogP contribution < -0.4 is 9.64 Å². The van der Waals surface area contributed by atoms with Crippen LogP contribution in [0.4, 0.5) is 5.82 Å². The molecule has 0 spiro atoms. The van der Waals surface area contributed by atoms with Gasteiger partial charge in [0.05, 0.1) is 5.56 Å². The van der Waals surface area contributed by atoms with Crippen LogP contribution in [0.5, 0.6) is 5.75 Å². The zero-order valence-corrected chi connectivity index (χ0v) is 15.9. The van der Waals surface area contributed by atoms with Crippen molar-refractivity contribution in [3.8, 4) is 5.75 Å². The molecule has 132 valence electrons. The quantitative estimate of drug-likeness (QED) is 0.655. The van der Waals surface area contributed by atoms with Gasteiger partial charge in [0.15, 0.2) is 0 Å². The van der Waals surface area contributed by atoms with Crippen LogP contribution in [0.1, 0.15) is 29.8 Å². The van der Waals surface area contributed by atoms with Gasteiger partial charge >= 0.3 is 5.97 Å². The number of carboxylic acids is 1. The van der Waals surface area contributed by atoms with E-state index in [-0.39, 0.29) is 5.56 Å². The Kier molecular flexibility index (Phi) is 7.01. The molecule has 2 aromatic rings. The first-order valence-electron chi connectivity index (χ1n) is 8.01. The van der Waals surface area contributed by atoms with Gasteiger partial charge in [-0.15, -0.1) is 0 Å². The highest BCUT2D eigenvalue weighted by molar-refractivity contribution is 9.10. The van der Waals surface area contributed by atoms with Gasteiger partial charge in [-0.3, -0.25) is 0 Å². The number of rotatable bonds is 8. The third kappa shape index (κ3) is 5.32. The van der Waals surface area contributed by atoms with Gasteiger partial charge in [0.1, 0.15) is 18.2 Å². The van der Waals surface area contributed by atoms with Crippen LogP contribution in [0.25, 0.3) is 0 Å². The predicted molar refractivity (Wildman–Crippen MR) is 102 cm³/mol. The number of benzene rings is 1. The van der Waals surface area contributed by atoms with E-state index in [2.05, 4.69) is 25.8 Å². The van der Waals surface area contributed by atoms with Crippen LogP contribution in [0.3, 0.4) is 0 Å². The number of ether oxygens (including phenoxy) is 1. The summed E-state index contributed by atoms with van der Waals surface area (Å²) >= 11 is 3.50. The Hall–Kier alpha value is -2.34. The number of halogens is 1. The molecular formula is C19H21BrN2O3. The molecule has 0 saturated carbocycles. The smallest absolute Gasteiger partial charge is 0.337 e. The lowest BCUT2D eigenvalue weighted by Gasteiger charge is -2.23. The molecule has 0 aliphatic heterocycles. The van der Waals surface area contributed by atoms with Crippen LogP contribution in [0, 0.1) is 0 Å². The van der Waals surface area contributed by atoms with Gasteiger partial charge < -0.3 is 14.7 Å². The van der Waals surface area contributed by atoms with Crippen molar-refractivity contribution in [3.63, 3.8) is 0 Å². The predicted octanol–water partition coefficient (Wildman–Crippen LogP) is 4.52. The van der Waals surface area contributed by atoms with Crippen molar-refractivity contribution in [2.24, 2.45) is 0 Å². The Bertz CT molecular complexity index is 745. The zero-order valence-electron chi connectivity index (χ0n) is 14.3. The first kappa shape index (κ1) is 19.0. The first-order chi connectivity index (χ1) is 12.0. The van der Waals surface area contributed by atoms with Gasteiger partial charge in [-0.25, -0.2) is 9.78 Å². The third-order valence-electron chi connectivity index (χ3n) is 3.66. The summed E-state index contributed by atoms with van der Waals surface area (Å²) in [5.74, 6) is 0.572. The molecule has 1 N–H and O–H groups in total. The average Bonchev–Trinajstić information content (AvgIpc) is 2.61. The molecule has 1 heterocycles. The van der Waals surface area contributed by atoms with E-state index in [4.69, 9.17) is 9.84 Å². The van der Waals surface area contributed by atoms with E-state index in [1.165, 1.54) is 6.20 Å². The summed E-state index contributed by atoms with van der Waals surface area (Å²) in [6.07, 6.45) is 5.28. The normalized spacial score (nSPS) is 10.8. The molecule has 0 saturated heterocycles. The highest BCUT2D eigenvalue weighted by Crippen LogP contribution is 2.26. The van der Waals surface area contributed by atoms with E-state index >= 15 is 0 Å². The highest BCUT2D eigenvalue weighted by atomic mass is 79.9. The molecule has 0 unspecified atom stereocenters. The number of pyridine rings is 1. The van der Waals surface area contributed by atoms with Gasteiger partial charge in [-0.05, 0) is 44.2 Å². The molecule has 6 heteroatoms. The number of nitrogens with zero attached hydrogens (tertiary/aromatic N) is 2. The fourth-order valence-corrected chi connectivity index (χ4v) is 2.72. The fourth-order valence-electron chi connectivity index (χ4n) is 2.31. The SMILES string of the molecule is CC=CCOc1ccc(Br)cc1CN(CC)c1ccc(C(=O)O)cn1. The largest absolute Gasteiger partial charge is 0.489 e. The Balaban J connectivity index is 2.22. The van der Waals surface area contributed by atoms with Crippen molar-refractivity contribution in [1.29, 1.82) is 0 Å². The minimum Gasteiger partial charge on any atom is -0.489 e. The van der Waals surface area contributed by atoms with E-state index < -0.39 is 5.97 Å². The molecule has 1 aromatic heterocycles. The van der Waals surface area contributed by atoms with Gasteiger partial charge in [0.25, 0.3) is 0 Å². The Labute approximate surface area is 156 Å². The van der Waals surface area contributed by atoms with E-state index in [1.54, 1.807) is 12.1 Å². The van der Waals surface area contributed by atoms with Crippen LogP contribution >= 0.6 is 15.9 Å². The standard InChI is InChI=1S/C19H21BrN2O3/c1-3-5-10-25-17-8-7-16(20)11-15(17)13-22(4-2)18-9-6-14(12-21-18)19(23)24/h3,5-9,11-12H,4,10,13H2,1-2H3,(H,23,24). The summed E-state index contributed by atoms with van der Waals surface area (Å²) < 4.78 is 6.81. The lowest BCUT2D eigenvalue weighted by Crippen LogP contribution is -2.23. The fraction of sp³-hybridized carbons (Fsp3) is 0.263. The molecule has 0 radical (unpaired) electrons. The number of aromatic carboxylic acids is 1. The maximum absolute atomic E-state index is 11.0. The molecule has 5 nitrogen and oxygen atoms in total. The summed E-state index contributed by atoms with van der Waals surface area (Å²) in [6, 6.07) is 9.21. The molecule has 25 heavy (non-hydrogen) atoms. The molecule has 0 bridgehead atoms. The maximum atomic E-state index is 11.0. The summed E-state index contributed by atoms with van der Waals surface area (Å²) in [6.45, 7) is 5.85. The third-order valence-corrected chi connectivity index (χ3v) is 4.15. The van der Waals surface area contributed by atoms with Crippen molar-refractivity contribution in [1.82, 2.24) is 4.98 Å². The summed E-state index contributed by atoms with van der Waals surface area (Å²) in [4.78, 5) is 17.3. The monoisotopic (exact) mass is 404 g/mol. The van der Waals surface area contributed by atoms with Crippen LogP contribution in [0.2, 0.25) is 0 Å². The second-order valence-electron chi connectivity index (χ2n) is 5.36. The molecule has 0 atom stereocenters. The molecular weight excluding hydrogens is 384 g/mol. The zero-order chi connectivity index (χ0) is 18.2.